The predicted molar refractivity (Wildman–Crippen MR) is 108 cm³/mol. The maximum absolute atomic E-state index is 13.9. The molecule has 2 N–H and O–H groups in total. The first-order chi connectivity index (χ1) is 14.8. The van der Waals surface area contributed by atoms with Gasteiger partial charge in [-0.05, 0) is 31.2 Å². The molecule has 1 fully saturated rings. The van der Waals surface area contributed by atoms with Crippen molar-refractivity contribution in [3.63, 3.8) is 0 Å². The topological polar surface area (TPSA) is 64.7 Å². The van der Waals surface area contributed by atoms with E-state index in [-0.39, 0.29) is 5.82 Å². The van der Waals surface area contributed by atoms with Crippen LogP contribution >= 0.6 is 0 Å². The summed E-state index contributed by atoms with van der Waals surface area (Å²) >= 11 is 0. The van der Waals surface area contributed by atoms with Gasteiger partial charge in [0, 0.05) is 26.2 Å². The highest BCUT2D eigenvalue weighted by atomic mass is 19.2. The van der Waals surface area contributed by atoms with Gasteiger partial charge in [-0.25, -0.2) is 17.6 Å². The summed E-state index contributed by atoms with van der Waals surface area (Å²) in [7, 11) is 0. The number of carbonyl (C=O) groups excluding carboxylic acids is 2. The van der Waals surface area contributed by atoms with Crippen molar-refractivity contribution in [2.45, 2.75) is 13.0 Å². The summed E-state index contributed by atoms with van der Waals surface area (Å²) in [5.41, 5.74) is -0.00384. The molecule has 2 aromatic rings. The fourth-order valence-electron chi connectivity index (χ4n) is 3.36. The second-order valence-electron chi connectivity index (χ2n) is 7.14. The molecule has 3 rings (SSSR count). The summed E-state index contributed by atoms with van der Waals surface area (Å²) in [6, 6.07) is 7.53. The Kier molecular flexibility index (Phi) is 7.11. The number of hydrogen-bond acceptors (Lipinski definition) is 4. The monoisotopic (exact) mass is 438 g/mol. The summed E-state index contributed by atoms with van der Waals surface area (Å²) in [5, 5.41) is 4.53. The third-order valence-corrected chi connectivity index (χ3v) is 5.17. The molecule has 166 valence electrons. The van der Waals surface area contributed by atoms with Crippen molar-refractivity contribution in [1.29, 1.82) is 0 Å². The SMILES string of the molecule is C[C@H](C(=O)NCC(=O)Nc1ccc(F)c(F)c1F)N1CCN(c2ccccc2F)CC1. The van der Waals surface area contributed by atoms with Gasteiger partial charge in [0.05, 0.1) is 24.0 Å². The summed E-state index contributed by atoms with van der Waals surface area (Å²) in [6.45, 7) is 3.34. The first kappa shape index (κ1) is 22.5. The zero-order valence-electron chi connectivity index (χ0n) is 16.8. The lowest BCUT2D eigenvalue weighted by Gasteiger charge is -2.38. The van der Waals surface area contributed by atoms with E-state index in [0.29, 0.717) is 37.9 Å². The highest BCUT2D eigenvalue weighted by Crippen LogP contribution is 2.21. The summed E-state index contributed by atoms with van der Waals surface area (Å²) in [5.74, 6) is -6.07. The summed E-state index contributed by atoms with van der Waals surface area (Å²) in [4.78, 5) is 28.1. The molecule has 10 heteroatoms. The molecular formula is C21H22F4N4O2. The van der Waals surface area contributed by atoms with Crippen LogP contribution in [0, 0.1) is 23.3 Å². The Morgan fingerprint density at radius 2 is 1.61 bits per heavy atom. The van der Waals surface area contributed by atoms with E-state index in [1.54, 1.807) is 25.1 Å². The zero-order chi connectivity index (χ0) is 22.5. The van der Waals surface area contributed by atoms with Crippen LogP contribution in [0.2, 0.25) is 0 Å². The molecule has 0 unspecified atom stereocenters. The van der Waals surface area contributed by atoms with Crippen LogP contribution in [0.15, 0.2) is 36.4 Å². The van der Waals surface area contributed by atoms with Gasteiger partial charge >= 0.3 is 0 Å². The Hall–Kier alpha value is -3.14. The molecule has 0 bridgehead atoms. The quantitative estimate of drug-likeness (QED) is 0.538. The molecule has 2 amide bonds. The lowest BCUT2D eigenvalue weighted by molar-refractivity contribution is -0.128. The number of carbonyl (C=O) groups is 2. The van der Waals surface area contributed by atoms with E-state index < -0.39 is 47.5 Å². The third kappa shape index (κ3) is 5.32. The number of halogens is 4. The van der Waals surface area contributed by atoms with Gasteiger partial charge < -0.3 is 15.5 Å². The van der Waals surface area contributed by atoms with Crippen molar-refractivity contribution < 1.29 is 27.2 Å². The van der Waals surface area contributed by atoms with Gasteiger partial charge in [0.2, 0.25) is 11.8 Å². The van der Waals surface area contributed by atoms with Gasteiger partial charge in [-0.2, -0.15) is 0 Å². The lowest BCUT2D eigenvalue weighted by atomic mass is 10.2. The number of para-hydroxylation sites is 1. The van der Waals surface area contributed by atoms with Crippen molar-refractivity contribution >= 4 is 23.2 Å². The van der Waals surface area contributed by atoms with Gasteiger partial charge in [0.15, 0.2) is 17.5 Å². The van der Waals surface area contributed by atoms with Crippen molar-refractivity contribution in [3.8, 4) is 0 Å². The minimum Gasteiger partial charge on any atom is -0.367 e. The number of piperazine rings is 1. The first-order valence-electron chi connectivity index (χ1n) is 9.72. The molecule has 1 aliphatic rings. The van der Waals surface area contributed by atoms with Crippen LogP contribution in [-0.2, 0) is 9.59 Å². The number of benzene rings is 2. The molecule has 0 aliphatic carbocycles. The van der Waals surface area contributed by atoms with Gasteiger partial charge in [-0.3, -0.25) is 14.5 Å². The van der Waals surface area contributed by atoms with E-state index >= 15 is 0 Å². The number of hydrogen-bond donors (Lipinski definition) is 2. The van der Waals surface area contributed by atoms with Gasteiger partial charge in [-0.15, -0.1) is 0 Å². The number of nitrogens with one attached hydrogen (secondary N) is 2. The Bertz CT molecular complexity index is 964. The summed E-state index contributed by atoms with van der Waals surface area (Å²) < 4.78 is 53.7. The Labute approximate surface area is 176 Å². The molecule has 1 heterocycles. The average molecular weight is 438 g/mol. The molecule has 0 aromatic heterocycles. The van der Waals surface area contributed by atoms with E-state index in [4.69, 9.17) is 0 Å². The van der Waals surface area contributed by atoms with Gasteiger partial charge in [0.25, 0.3) is 0 Å². The standard InChI is InChI=1S/C21H22F4N4O2/c1-13(28-8-10-29(11-9-28)17-5-3-2-4-14(17)22)21(31)26-12-18(30)27-16-7-6-15(23)19(24)20(16)25/h2-7,13H,8-12H2,1H3,(H,26,31)(H,27,30)/t13-/m1/s1. The van der Waals surface area contributed by atoms with Crippen LogP contribution in [-0.4, -0.2) is 55.5 Å². The number of anilines is 2. The zero-order valence-corrected chi connectivity index (χ0v) is 16.8. The molecule has 1 saturated heterocycles. The van der Waals surface area contributed by atoms with Crippen LogP contribution in [0.4, 0.5) is 28.9 Å². The van der Waals surface area contributed by atoms with E-state index in [1.807, 2.05) is 9.80 Å². The van der Waals surface area contributed by atoms with Gasteiger partial charge in [-0.1, -0.05) is 12.1 Å². The molecular weight excluding hydrogens is 416 g/mol. The second kappa shape index (κ2) is 9.78. The molecule has 31 heavy (non-hydrogen) atoms. The highest BCUT2D eigenvalue weighted by molar-refractivity contribution is 5.95. The minimum absolute atomic E-state index is 0.301. The van der Waals surface area contributed by atoms with Crippen molar-refractivity contribution in [3.05, 3.63) is 59.7 Å². The molecule has 0 spiro atoms. The molecule has 6 nitrogen and oxygen atoms in total. The Morgan fingerprint density at radius 1 is 0.935 bits per heavy atom. The van der Waals surface area contributed by atoms with Crippen LogP contribution in [0.5, 0.6) is 0 Å². The normalized spacial score (nSPS) is 15.5. The van der Waals surface area contributed by atoms with E-state index in [0.717, 1.165) is 6.07 Å². The van der Waals surface area contributed by atoms with Crippen molar-refractivity contribution in [1.82, 2.24) is 10.2 Å². The molecule has 1 aliphatic heterocycles. The molecule has 2 aromatic carbocycles. The number of amides is 2. The van der Waals surface area contributed by atoms with Crippen molar-refractivity contribution in [2.24, 2.45) is 0 Å². The van der Waals surface area contributed by atoms with E-state index in [9.17, 15) is 27.2 Å². The molecule has 1 atom stereocenters. The number of rotatable bonds is 6. The fraction of sp³-hybridized carbons (Fsp3) is 0.333. The van der Waals surface area contributed by atoms with Crippen LogP contribution in [0.25, 0.3) is 0 Å². The Balaban J connectivity index is 1.47. The van der Waals surface area contributed by atoms with E-state index in [2.05, 4.69) is 10.6 Å². The van der Waals surface area contributed by atoms with Crippen molar-refractivity contribution in [2.75, 3.05) is 42.9 Å². The lowest BCUT2D eigenvalue weighted by Crippen LogP contribution is -2.54. The number of nitrogens with zero attached hydrogens (tertiary/aromatic N) is 2. The Morgan fingerprint density at radius 3 is 2.29 bits per heavy atom. The fourth-order valence-corrected chi connectivity index (χ4v) is 3.36. The van der Waals surface area contributed by atoms with Crippen LogP contribution in [0.3, 0.4) is 0 Å². The van der Waals surface area contributed by atoms with Crippen LogP contribution in [0.1, 0.15) is 6.92 Å². The third-order valence-electron chi connectivity index (χ3n) is 5.17. The smallest absolute Gasteiger partial charge is 0.243 e. The highest BCUT2D eigenvalue weighted by Gasteiger charge is 2.26. The predicted octanol–water partition coefficient (Wildman–Crippen LogP) is 2.51. The molecule has 0 radical (unpaired) electrons. The molecule has 0 saturated carbocycles. The maximum atomic E-state index is 13.9. The van der Waals surface area contributed by atoms with Gasteiger partial charge in [0.1, 0.15) is 5.82 Å². The second-order valence-corrected chi connectivity index (χ2v) is 7.14. The van der Waals surface area contributed by atoms with E-state index in [1.165, 1.54) is 6.07 Å². The minimum atomic E-state index is -1.69. The van der Waals surface area contributed by atoms with Crippen LogP contribution < -0.4 is 15.5 Å². The largest absolute Gasteiger partial charge is 0.367 e. The average Bonchev–Trinajstić information content (AvgIpc) is 2.78. The maximum Gasteiger partial charge on any atom is 0.243 e. The first-order valence-corrected chi connectivity index (χ1v) is 9.72. The summed E-state index contributed by atoms with van der Waals surface area (Å²) in [6.07, 6.45) is 0.